The average Bonchev–Trinajstić information content (AvgIpc) is 2.37. The van der Waals surface area contributed by atoms with E-state index in [-0.39, 0.29) is 12.0 Å². The minimum absolute atomic E-state index is 0.0830. The SMILES string of the molecule is CC(C)c1nc(Cl)cc(NC(C)c2cccc(Cl)c2)n1. The number of nitrogens with one attached hydrogen (secondary N) is 1. The van der Waals surface area contributed by atoms with Gasteiger partial charge in [0.1, 0.15) is 16.8 Å². The topological polar surface area (TPSA) is 37.8 Å². The Labute approximate surface area is 129 Å². The highest BCUT2D eigenvalue weighted by atomic mass is 35.5. The summed E-state index contributed by atoms with van der Waals surface area (Å²) in [6.45, 7) is 6.13. The Morgan fingerprint density at radius 3 is 2.45 bits per heavy atom. The van der Waals surface area contributed by atoms with Crippen LogP contribution in [0.4, 0.5) is 5.82 Å². The van der Waals surface area contributed by atoms with Crippen molar-refractivity contribution in [1.82, 2.24) is 9.97 Å². The first kappa shape index (κ1) is 15.1. The van der Waals surface area contributed by atoms with E-state index >= 15 is 0 Å². The van der Waals surface area contributed by atoms with E-state index in [0.717, 1.165) is 22.2 Å². The molecule has 0 saturated heterocycles. The summed E-state index contributed by atoms with van der Waals surface area (Å²) in [4.78, 5) is 8.70. The first-order chi connectivity index (χ1) is 9.45. The van der Waals surface area contributed by atoms with E-state index in [2.05, 4.69) is 22.2 Å². The van der Waals surface area contributed by atoms with E-state index in [0.29, 0.717) is 5.15 Å². The summed E-state index contributed by atoms with van der Waals surface area (Å²) in [5.41, 5.74) is 1.10. The molecule has 2 aromatic rings. The number of hydrogen-bond donors (Lipinski definition) is 1. The molecule has 0 amide bonds. The maximum Gasteiger partial charge on any atom is 0.135 e. The van der Waals surface area contributed by atoms with Crippen molar-refractivity contribution < 1.29 is 0 Å². The summed E-state index contributed by atoms with van der Waals surface area (Å²) in [6.07, 6.45) is 0. The Balaban J connectivity index is 2.21. The molecule has 0 radical (unpaired) electrons. The van der Waals surface area contributed by atoms with Gasteiger partial charge < -0.3 is 5.32 Å². The molecule has 0 spiro atoms. The van der Waals surface area contributed by atoms with Crippen molar-refractivity contribution in [2.75, 3.05) is 5.32 Å². The summed E-state index contributed by atoms with van der Waals surface area (Å²) in [7, 11) is 0. The van der Waals surface area contributed by atoms with Gasteiger partial charge in [-0.05, 0) is 24.6 Å². The molecule has 5 heteroatoms. The predicted molar refractivity (Wildman–Crippen MR) is 84.6 cm³/mol. The predicted octanol–water partition coefficient (Wildman–Crippen LogP) is 5.08. The number of anilines is 1. The van der Waals surface area contributed by atoms with Crippen molar-refractivity contribution in [3.63, 3.8) is 0 Å². The first-order valence-corrected chi connectivity index (χ1v) is 7.28. The highest BCUT2D eigenvalue weighted by Crippen LogP contribution is 2.23. The van der Waals surface area contributed by atoms with E-state index in [4.69, 9.17) is 23.2 Å². The highest BCUT2D eigenvalue weighted by molar-refractivity contribution is 6.30. The van der Waals surface area contributed by atoms with Crippen molar-refractivity contribution in [1.29, 1.82) is 0 Å². The lowest BCUT2D eigenvalue weighted by Crippen LogP contribution is -2.10. The zero-order valence-corrected chi connectivity index (χ0v) is 13.2. The van der Waals surface area contributed by atoms with Crippen LogP contribution in [0.15, 0.2) is 30.3 Å². The molecule has 2 rings (SSSR count). The van der Waals surface area contributed by atoms with Gasteiger partial charge in [-0.3, -0.25) is 0 Å². The molecular formula is C15H17Cl2N3. The molecule has 0 fully saturated rings. The molecular weight excluding hydrogens is 293 g/mol. The minimum atomic E-state index is 0.0830. The van der Waals surface area contributed by atoms with Crippen LogP contribution < -0.4 is 5.32 Å². The lowest BCUT2D eigenvalue weighted by atomic mass is 10.1. The lowest BCUT2D eigenvalue weighted by molar-refractivity contribution is 0.768. The second-order valence-corrected chi connectivity index (χ2v) is 5.83. The van der Waals surface area contributed by atoms with Gasteiger partial charge in [-0.25, -0.2) is 9.97 Å². The monoisotopic (exact) mass is 309 g/mol. The van der Waals surface area contributed by atoms with Gasteiger partial charge in [-0.2, -0.15) is 0 Å². The molecule has 1 unspecified atom stereocenters. The Kier molecular flexibility index (Phi) is 4.84. The number of rotatable bonds is 4. The molecule has 0 aliphatic carbocycles. The minimum Gasteiger partial charge on any atom is -0.363 e. The Morgan fingerprint density at radius 1 is 1.05 bits per heavy atom. The van der Waals surface area contributed by atoms with Crippen LogP contribution in [0, 0.1) is 0 Å². The van der Waals surface area contributed by atoms with Gasteiger partial charge in [0.2, 0.25) is 0 Å². The number of hydrogen-bond acceptors (Lipinski definition) is 3. The van der Waals surface area contributed by atoms with Crippen LogP contribution >= 0.6 is 23.2 Å². The zero-order valence-electron chi connectivity index (χ0n) is 11.7. The molecule has 0 bridgehead atoms. The van der Waals surface area contributed by atoms with E-state index in [1.165, 1.54) is 0 Å². The number of halogens is 2. The molecule has 1 aromatic carbocycles. The quantitative estimate of drug-likeness (QED) is 0.800. The van der Waals surface area contributed by atoms with Crippen LogP contribution in [-0.4, -0.2) is 9.97 Å². The third-order valence-corrected chi connectivity index (χ3v) is 3.37. The normalized spacial score (nSPS) is 12.5. The average molecular weight is 310 g/mol. The van der Waals surface area contributed by atoms with Crippen molar-refractivity contribution >= 4 is 29.0 Å². The van der Waals surface area contributed by atoms with Gasteiger partial charge in [-0.15, -0.1) is 0 Å². The second kappa shape index (κ2) is 6.42. The molecule has 0 aliphatic rings. The van der Waals surface area contributed by atoms with Crippen molar-refractivity contribution in [2.24, 2.45) is 0 Å². The molecule has 3 nitrogen and oxygen atoms in total. The van der Waals surface area contributed by atoms with Gasteiger partial charge in [0, 0.05) is 23.0 Å². The zero-order chi connectivity index (χ0) is 14.7. The van der Waals surface area contributed by atoms with Crippen LogP contribution in [0.25, 0.3) is 0 Å². The third kappa shape index (κ3) is 3.84. The molecule has 1 heterocycles. The lowest BCUT2D eigenvalue weighted by Gasteiger charge is -2.16. The van der Waals surface area contributed by atoms with Crippen LogP contribution in [0.2, 0.25) is 10.2 Å². The van der Waals surface area contributed by atoms with Crippen LogP contribution in [0.1, 0.15) is 44.1 Å². The molecule has 0 aliphatic heterocycles. The van der Waals surface area contributed by atoms with Crippen molar-refractivity contribution in [3.8, 4) is 0 Å². The van der Waals surface area contributed by atoms with E-state index in [1.807, 2.05) is 38.1 Å². The largest absolute Gasteiger partial charge is 0.363 e. The van der Waals surface area contributed by atoms with Gasteiger partial charge >= 0.3 is 0 Å². The Hall–Kier alpha value is -1.32. The highest BCUT2D eigenvalue weighted by Gasteiger charge is 2.10. The smallest absolute Gasteiger partial charge is 0.135 e. The molecule has 20 heavy (non-hydrogen) atoms. The fraction of sp³-hybridized carbons (Fsp3) is 0.333. The summed E-state index contributed by atoms with van der Waals surface area (Å²) in [6, 6.07) is 9.56. The fourth-order valence-corrected chi connectivity index (χ4v) is 2.24. The van der Waals surface area contributed by atoms with E-state index in [1.54, 1.807) is 6.07 Å². The first-order valence-electron chi connectivity index (χ1n) is 6.52. The van der Waals surface area contributed by atoms with E-state index < -0.39 is 0 Å². The third-order valence-electron chi connectivity index (χ3n) is 2.94. The molecule has 106 valence electrons. The fourth-order valence-electron chi connectivity index (χ4n) is 1.85. The summed E-state index contributed by atoms with van der Waals surface area (Å²) < 4.78 is 0. The van der Waals surface area contributed by atoms with Crippen LogP contribution in [0.3, 0.4) is 0 Å². The van der Waals surface area contributed by atoms with Gasteiger partial charge in [-0.1, -0.05) is 49.2 Å². The number of nitrogens with zero attached hydrogens (tertiary/aromatic N) is 2. The molecule has 1 atom stereocenters. The standard InChI is InChI=1S/C15H17Cl2N3/c1-9(2)15-19-13(17)8-14(20-15)18-10(3)11-5-4-6-12(16)7-11/h4-10H,1-3H3,(H,18,19,20). The maximum atomic E-state index is 6.04. The summed E-state index contributed by atoms with van der Waals surface area (Å²) >= 11 is 12.0. The molecule has 1 aromatic heterocycles. The summed E-state index contributed by atoms with van der Waals surface area (Å²) in [5, 5.41) is 4.50. The van der Waals surface area contributed by atoms with Crippen LogP contribution in [0.5, 0.6) is 0 Å². The van der Waals surface area contributed by atoms with Crippen molar-refractivity contribution in [2.45, 2.75) is 32.7 Å². The maximum absolute atomic E-state index is 6.04. The van der Waals surface area contributed by atoms with Gasteiger partial charge in [0.05, 0.1) is 0 Å². The van der Waals surface area contributed by atoms with Crippen LogP contribution in [-0.2, 0) is 0 Å². The molecule has 0 saturated carbocycles. The number of aromatic nitrogens is 2. The van der Waals surface area contributed by atoms with Gasteiger partial charge in [0.15, 0.2) is 0 Å². The van der Waals surface area contributed by atoms with Gasteiger partial charge in [0.25, 0.3) is 0 Å². The Bertz CT molecular complexity index is 599. The Morgan fingerprint density at radius 2 is 1.80 bits per heavy atom. The molecule has 1 N–H and O–H groups in total. The number of benzene rings is 1. The second-order valence-electron chi connectivity index (χ2n) is 5.01. The van der Waals surface area contributed by atoms with Crippen molar-refractivity contribution in [3.05, 3.63) is 51.9 Å². The van der Waals surface area contributed by atoms with E-state index in [9.17, 15) is 0 Å². The summed E-state index contributed by atoms with van der Waals surface area (Å²) in [5.74, 6) is 1.69.